The molecule has 0 unspecified atom stereocenters. The Morgan fingerprint density at radius 1 is 1.07 bits per heavy atom. The normalized spacial score (nSPS) is 11.3. The first-order chi connectivity index (χ1) is 13.5. The molecule has 4 aromatic rings. The lowest BCUT2D eigenvalue weighted by atomic mass is 10.1. The van der Waals surface area contributed by atoms with Crippen LogP contribution in [0.3, 0.4) is 0 Å². The molecule has 0 aliphatic heterocycles. The highest BCUT2D eigenvalue weighted by Crippen LogP contribution is 2.34. The Morgan fingerprint density at radius 2 is 1.89 bits per heavy atom. The molecular weight excluding hydrogens is 362 g/mol. The summed E-state index contributed by atoms with van der Waals surface area (Å²) >= 11 is 0. The molecule has 0 aliphatic rings. The van der Waals surface area contributed by atoms with Gasteiger partial charge in [0.15, 0.2) is 5.58 Å². The maximum Gasteiger partial charge on any atom is 0.311 e. The molecule has 1 aromatic heterocycles. The molecule has 0 amide bonds. The van der Waals surface area contributed by atoms with Gasteiger partial charge in [0.1, 0.15) is 11.3 Å². The van der Waals surface area contributed by atoms with E-state index in [1.165, 1.54) is 30.5 Å². The minimum Gasteiger partial charge on any atom is -0.507 e. The van der Waals surface area contributed by atoms with Gasteiger partial charge in [-0.15, -0.1) is 0 Å². The van der Waals surface area contributed by atoms with Gasteiger partial charge in [0.05, 0.1) is 16.2 Å². The summed E-state index contributed by atoms with van der Waals surface area (Å²) in [7, 11) is 0. The molecule has 0 atom stereocenters. The van der Waals surface area contributed by atoms with Gasteiger partial charge in [-0.25, -0.2) is 4.98 Å². The SMILES string of the molecule is O=[N+]([O-])c1cccc(C=Nc2ccc(O)c(-c3nc4ccccc4o3)c2)c1O. The van der Waals surface area contributed by atoms with Gasteiger partial charge in [0, 0.05) is 17.8 Å². The van der Waals surface area contributed by atoms with Crippen molar-refractivity contribution < 1.29 is 19.6 Å². The topological polar surface area (TPSA) is 122 Å². The van der Waals surface area contributed by atoms with Crippen LogP contribution < -0.4 is 0 Å². The Labute approximate surface area is 158 Å². The van der Waals surface area contributed by atoms with Gasteiger partial charge in [-0.2, -0.15) is 0 Å². The van der Waals surface area contributed by atoms with Crippen LogP contribution in [0.15, 0.2) is 70.1 Å². The van der Waals surface area contributed by atoms with E-state index in [9.17, 15) is 20.3 Å². The average molecular weight is 375 g/mol. The van der Waals surface area contributed by atoms with E-state index in [2.05, 4.69) is 9.98 Å². The molecule has 28 heavy (non-hydrogen) atoms. The van der Waals surface area contributed by atoms with E-state index in [0.29, 0.717) is 22.4 Å². The number of aromatic hydroxyl groups is 2. The van der Waals surface area contributed by atoms with Crippen molar-refractivity contribution in [3.8, 4) is 23.0 Å². The molecule has 0 bridgehead atoms. The lowest BCUT2D eigenvalue weighted by molar-refractivity contribution is -0.385. The van der Waals surface area contributed by atoms with Crippen molar-refractivity contribution in [3.05, 3.63) is 76.3 Å². The summed E-state index contributed by atoms with van der Waals surface area (Å²) in [5.41, 5.74) is 1.85. The van der Waals surface area contributed by atoms with Crippen molar-refractivity contribution in [1.29, 1.82) is 0 Å². The molecule has 8 nitrogen and oxygen atoms in total. The summed E-state index contributed by atoms with van der Waals surface area (Å²) in [5.74, 6) is -0.244. The molecule has 0 saturated carbocycles. The predicted octanol–water partition coefficient (Wildman–Crippen LogP) is 4.56. The number of para-hydroxylation sites is 3. The van der Waals surface area contributed by atoms with Crippen molar-refractivity contribution in [3.63, 3.8) is 0 Å². The molecule has 0 fully saturated rings. The summed E-state index contributed by atoms with van der Waals surface area (Å²) in [6.07, 6.45) is 1.31. The second-order valence-electron chi connectivity index (χ2n) is 5.92. The Hall–Kier alpha value is -4.20. The van der Waals surface area contributed by atoms with Gasteiger partial charge < -0.3 is 14.6 Å². The van der Waals surface area contributed by atoms with Crippen LogP contribution >= 0.6 is 0 Å². The van der Waals surface area contributed by atoms with E-state index in [-0.39, 0.29) is 17.2 Å². The Morgan fingerprint density at radius 3 is 2.68 bits per heavy atom. The molecule has 2 N–H and O–H groups in total. The number of aromatic nitrogens is 1. The molecule has 1 heterocycles. The highest BCUT2D eigenvalue weighted by Gasteiger charge is 2.16. The standard InChI is InChI=1S/C20H13N3O5/c24-17-9-8-13(21-11-12-4-3-6-16(19(12)25)23(26)27)10-14(17)20-22-15-5-1-2-7-18(15)28-20/h1-11,24-25H. The van der Waals surface area contributed by atoms with Crippen molar-refractivity contribution in [1.82, 2.24) is 4.98 Å². The first kappa shape index (κ1) is 17.2. The van der Waals surface area contributed by atoms with Crippen LogP contribution in [0.4, 0.5) is 11.4 Å². The number of phenolic OH excluding ortho intramolecular Hbond substituents is 2. The molecule has 0 saturated heterocycles. The lowest BCUT2D eigenvalue weighted by Gasteiger charge is -2.02. The van der Waals surface area contributed by atoms with Gasteiger partial charge in [-0.05, 0) is 36.4 Å². The van der Waals surface area contributed by atoms with Crippen LogP contribution in [0.5, 0.6) is 11.5 Å². The maximum atomic E-state index is 10.9. The van der Waals surface area contributed by atoms with Crippen LogP contribution in [0.1, 0.15) is 5.56 Å². The van der Waals surface area contributed by atoms with E-state index < -0.39 is 16.4 Å². The van der Waals surface area contributed by atoms with Gasteiger partial charge in [0.25, 0.3) is 0 Å². The van der Waals surface area contributed by atoms with Crippen molar-refractivity contribution in [2.45, 2.75) is 0 Å². The number of nitrogens with zero attached hydrogens (tertiary/aromatic N) is 3. The zero-order valence-corrected chi connectivity index (χ0v) is 14.3. The molecule has 0 spiro atoms. The molecule has 4 rings (SSSR count). The monoisotopic (exact) mass is 375 g/mol. The summed E-state index contributed by atoms with van der Waals surface area (Å²) in [5, 5.41) is 31.1. The summed E-state index contributed by atoms with van der Waals surface area (Å²) < 4.78 is 5.68. The minimum atomic E-state index is -0.668. The van der Waals surface area contributed by atoms with Gasteiger partial charge in [-0.1, -0.05) is 18.2 Å². The second kappa shape index (κ2) is 6.84. The summed E-state index contributed by atoms with van der Waals surface area (Å²) in [6.45, 7) is 0. The molecule has 8 heteroatoms. The Bertz CT molecular complexity index is 1200. The number of nitro groups is 1. The number of hydrogen-bond donors (Lipinski definition) is 2. The zero-order valence-electron chi connectivity index (χ0n) is 14.3. The summed E-state index contributed by atoms with van der Waals surface area (Å²) in [6, 6.07) is 16.0. The third-order valence-electron chi connectivity index (χ3n) is 4.10. The number of fused-ring (bicyclic) bond motifs is 1. The lowest BCUT2D eigenvalue weighted by Crippen LogP contribution is -1.91. The number of hydrogen-bond acceptors (Lipinski definition) is 7. The average Bonchev–Trinajstić information content (AvgIpc) is 3.12. The summed E-state index contributed by atoms with van der Waals surface area (Å²) in [4.78, 5) is 18.8. The number of nitro benzene ring substituents is 1. The van der Waals surface area contributed by atoms with Crippen LogP contribution in [0, 0.1) is 10.1 Å². The molecule has 138 valence electrons. The van der Waals surface area contributed by atoms with Gasteiger partial charge in [-0.3, -0.25) is 15.1 Å². The third kappa shape index (κ3) is 3.14. The van der Waals surface area contributed by atoms with Crippen LogP contribution in [-0.2, 0) is 0 Å². The first-order valence-electron chi connectivity index (χ1n) is 8.22. The van der Waals surface area contributed by atoms with Crippen molar-refractivity contribution >= 4 is 28.7 Å². The number of rotatable bonds is 4. The maximum absolute atomic E-state index is 10.9. The minimum absolute atomic E-state index is 0.0243. The highest BCUT2D eigenvalue weighted by molar-refractivity contribution is 5.88. The van der Waals surface area contributed by atoms with Crippen molar-refractivity contribution in [2.24, 2.45) is 4.99 Å². The van der Waals surface area contributed by atoms with E-state index in [4.69, 9.17) is 4.42 Å². The van der Waals surface area contributed by atoms with E-state index in [1.807, 2.05) is 12.1 Å². The fourth-order valence-electron chi connectivity index (χ4n) is 2.71. The van der Waals surface area contributed by atoms with Gasteiger partial charge >= 0.3 is 5.69 Å². The van der Waals surface area contributed by atoms with Crippen LogP contribution in [-0.4, -0.2) is 26.3 Å². The van der Waals surface area contributed by atoms with Crippen LogP contribution in [0.2, 0.25) is 0 Å². The first-order valence-corrected chi connectivity index (χ1v) is 8.22. The second-order valence-corrected chi connectivity index (χ2v) is 5.92. The number of oxazole rings is 1. The zero-order chi connectivity index (χ0) is 19.7. The van der Waals surface area contributed by atoms with Crippen LogP contribution in [0.25, 0.3) is 22.6 Å². The fraction of sp³-hybridized carbons (Fsp3) is 0. The van der Waals surface area contributed by atoms with E-state index in [0.717, 1.165) is 0 Å². The smallest absolute Gasteiger partial charge is 0.311 e. The van der Waals surface area contributed by atoms with E-state index in [1.54, 1.807) is 24.3 Å². The number of phenols is 2. The van der Waals surface area contributed by atoms with Gasteiger partial charge in [0.2, 0.25) is 11.6 Å². The predicted molar refractivity (Wildman–Crippen MR) is 103 cm³/mol. The molecular formula is C20H13N3O5. The fourth-order valence-corrected chi connectivity index (χ4v) is 2.71. The molecule has 0 radical (unpaired) electrons. The quantitative estimate of drug-likeness (QED) is 0.306. The molecule has 0 aliphatic carbocycles. The molecule has 3 aromatic carbocycles. The Balaban J connectivity index is 1.71. The largest absolute Gasteiger partial charge is 0.507 e. The van der Waals surface area contributed by atoms with Crippen molar-refractivity contribution in [2.75, 3.05) is 0 Å². The number of aliphatic imine (C=N–C) groups is 1. The highest BCUT2D eigenvalue weighted by atomic mass is 16.6. The van der Waals surface area contributed by atoms with E-state index >= 15 is 0 Å². The Kier molecular flexibility index (Phi) is 4.21. The third-order valence-corrected chi connectivity index (χ3v) is 4.10. The number of benzene rings is 3.